The Morgan fingerprint density at radius 2 is 2.06 bits per heavy atom. The molecule has 0 bridgehead atoms. The Hall–Kier alpha value is -1.42. The Labute approximate surface area is 112 Å². The normalized spacial score (nSPS) is 22.8. The van der Waals surface area contributed by atoms with E-state index < -0.39 is 0 Å². The Balaban J connectivity index is 1.67. The van der Waals surface area contributed by atoms with Crippen LogP contribution in [-0.2, 0) is 11.2 Å². The van der Waals surface area contributed by atoms with E-state index in [9.17, 15) is 4.79 Å². The zero-order valence-electron chi connectivity index (χ0n) is 10.2. The van der Waals surface area contributed by atoms with Crippen LogP contribution in [0.1, 0.15) is 18.4 Å². The lowest BCUT2D eigenvalue weighted by Crippen LogP contribution is -2.34. The number of rotatable bonds is 3. The maximum absolute atomic E-state index is 12.2. The van der Waals surface area contributed by atoms with Crippen molar-refractivity contribution in [2.24, 2.45) is 0 Å². The third-order valence-corrected chi connectivity index (χ3v) is 4.20. The van der Waals surface area contributed by atoms with Crippen molar-refractivity contribution in [2.45, 2.75) is 25.3 Å². The molecule has 4 heteroatoms. The van der Waals surface area contributed by atoms with Crippen molar-refractivity contribution in [3.63, 3.8) is 0 Å². The van der Waals surface area contributed by atoms with E-state index in [4.69, 9.17) is 12.2 Å². The summed E-state index contributed by atoms with van der Waals surface area (Å²) in [6.07, 6.45) is 2.91. The molecule has 0 spiro atoms. The molecule has 1 aromatic rings. The molecule has 2 heterocycles. The van der Waals surface area contributed by atoms with Gasteiger partial charge in [-0.05, 0) is 37.0 Å². The summed E-state index contributed by atoms with van der Waals surface area (Å²) >= 11 is 5.40. The van der Waals surface area contributed by atoms with E-state index in [0.29, 0.717) is 6.54 Å². The number of fused-ring (bicyclic) bond motifs is 1. The van der Waals surface area contributed by atoms with Gasteiger partial charge in [0.1, 0.15) is 6.04 Å². The lowest BCUT2D eigenvalue weighted by molar-refractivity contribution is -0.127. The first-order chi connectivity index (χ1) is 8.77. The second kappa shape index (κ2) is 4.69. The van der Waals surface area contributed by atoms with Crippen molar-refractivity contribution in [1.82, 2.24) is 9.80 Å². The van der Waals surface area contributed by atoms with Crippen LogP contribution < -0.4 is 0 Å². The molecule has 94 valence electrons. The first-order valence-corrected chi connectivity index (χ1v) is 6.84. The van der Waals surface area contributed by atoms with Gasteiger partial charge in [0.15, 0.2) is 5.11 Å². The van der Waals surface area contributed by atoms with Crippen molar-refractivity contribution in [2.75, 3.05) is 13.1 Å². The minimum absolute atomic E-state index is 0.0354. The van der Waals surface area contributed by atoms with Gasteiger partial charge in [0.25, 0.3) is 5.91 Å². The van der Waals surface area contributed by atoms with Crippen LogP contribution in [0.2, 0.25) is 0 Å². The van der Waals surface area contributed by atoms with Crippen molar-refractivity contribution >= 4 is 23.2 Å². The van der Waals surface area contributed by atoms with Gasteiger partial charge in [-0.25, -0.2) is 0 Å². The van der Waals surface area contributed by atoms with Crippen molar-refractivity contribution in [3.05, 3.63) is 35.9 Å². The molecule has 0 aromatic heterocycles. The summed E-state index contributed by atoms with van der Waals surface area (Å²) in [5, 5.41) is 0.735. The van der Waals surface area contributed by atoms with Gasteiger partial charge >= 0.3 is 0 Å². The zero-order chi connectivity index (χ0) is 12.5. The summed E-state index contributed by atoms with van der Waals surface area (Å²) in [4.78, 5) is 16.1. The fourth-order valence-electron chi connectivity index (χ4n) is 2.77. The predicted octanol–water partition coefficient (Wildman–Crippen LogP) is 1.82. The molecule has 1 amide bonds. The Bertz CT molecular complexity index is 452. The van der Waals surface area contributed by atoms with Crippen LogP contribution in [0.5, 0.6) is 0 Å². The molecule has 0 saturated carbocycles. The molecule has 2 aliphatic heterocycles. The molecular formula is C14H16N2OS. The van der Waals surface area contributed by atoms with Gasteiger partial charge in [0.05, 0.1) is 0 Å². The van der Waals surface area contributed by atoms with Crippen molar-refractivity contribution in [3.8, 4) is 0 Å². The Morgan fingerprint density at radius 3 is 2.78 bits per heavy atom. The molecule has 1 aromatic carbocycles. The van der Waals surface area contributed by atoms with Crippen LogP contribution in [-0.4, -0.2) is 40.0 Å². The average Bonchev–Trinajstić information content (AvgIpc) is 2.95. The summed E-state index contributed by atoms with van der Waals surface area (Å²) in [6.45, 7) is 1.64. The van der Waals surface area contributed by atoms with Crippen LogP contribution in [0.15, 0.2) is 30.3 Å². The first-order valence-electron chi connectivity index (χ1n) is 6.43. The highest BCUT2D eigenvalue weighted by atomic mass is 32.1. The van der Waals surface area contributed by atoms with Gasteiger partial charge in [-0.1, -0.05) is 30.3 Å². The van der Waals surface area contributed by atoms with E-state index in [0.717, 1.165) is 30.9 Å². The number of carbonyl (C=O) groups is 1. The van der Waals surface area contributed by atoms with Crippen LogP contribution in [0.3, 0.4) is 0 Å². The molecular weight excluding hydrogens is 244 g/mol. The zero-order valence-corrected chi connectivity index (χ0v) is 11.0. The van der Waals surface area contributed by atoms with Gasteiger partial charge < -0.3 is 4.90 Å². The van der Waals surface area contributed by atoms with Crippen LogP contribution in [0, 0.1) is 0 Å². The van der Waals surface area contributed by atoms with Gasteiger partial charge in [0, 0.05) is 13.1 Å². The number of hydrogen-bond donors (Lipinski definition) is 0. The molecule has 18 heavy (non-hydrogen) atoms. The van der Waals surface area contributed by atoms with Crippen LogP contribution in [0.25, 0.3) is 0 Å². The Morgan fingerprint density at radius 1 is 1.28 bits per heavy atom. The monoisotopic (exact) mass is 260 g/mol. The summed E-state index contributed by atoms with van der Waals surface area (Å²) in [7, 11) is 0. The number of nitrogens with zero attached hydrogens (tertiary/aromatic N) is 2. The maximum Gasteiger partial charge on any atom is 0.251 e. The third kappa shape index (κ3) is 1.90. The van der Waals surface area contributed by atoms with Gasteiger partial charge in [-0.15, -0.1) is 0 Å². The number of hydrogen-bond acceptors (Lipinski definition) is 2. The average molecular weight is 260 g/mol. The number of amides is 1. The summed E-state index contributed by atoms with van der Waals surface area (Å²) in [5.41, 5.74) is 1.25. The molecule has 3 rings (SSSR count). The van der Waals surface area contributed by atoms with E-state index in [1.807, 2.05) is 18.2 Å². The minimum atomic E-state index is 0.0354. The second-order valence-corrected chi connectivity index (χ2v) is 5.22. The minimum Gasteiger partial charge on any atom is -0.337 e. The van der Waals surface area contributed by atoms with Crippen LogP contribution in [0.4, 0.5) is 0 Å². The standard InChI is InChI=1S/C14H16N2OS/c17-13-12-7-4-9-15(12)14(18)16(13)10-8-11-5-2-1-3-6-11/h1-3,5-6,12H,4,7-10H2/t12-/m0/s1. The second-order valence-electron chi connectivity index (χ2n) is 4.86. The quantitative estimate of drug-likeness (QED) is 0.775. The first kappa shape index (κ1) is 11.7. The largest absolute Gasteiger partial charge is 0.337 e. The highest BCUT2D eigenvalue weighted by Crippen LogP contribution is 2.27. The van der Waals surface area contributed by atoms with Crippen molar-refractivity contribution in [1.29, 1.82) is 0 Å². The lowest BCUT2D eigenvalue weighted by Gasteiger charge is -2.18. The molecule has 0 radical (unpaired) electrons. The Kier molecular flexibility index (Phi) is 3.04. The summed E-state index contributed by atoms with van der Waals surface area (Å²) in [6, 6.07) is 10.3. The highest BCUT2D eigenvalue weighted by Gasteiger charge is 2.44. The number of benzene rings is 1. The van der Waals surface area contributed by atoms with E-state index >= 15 is 0 Å². The predicted molar refractivity (Wildman–Crippen MR) is 74.2 cm³/mol. The SMILES string of the molecule is O=C1[C@@H]2CCCN2C(=S)N1CCc1ccccc1. The van der Waals surface area contributed by atoms with Crippen molar-refractivity contribution < 1.29 is 4.79 Å². The molecule has 2 aliphatic rings. The molecule has 2 saturated heterocycles. The fourth-order valence-corrected chi connectivity index (χ4v) is 3.17. The lowest BCUT2D eigenvalue weighted by atomic mass is 10.1. The van der Waals surface area contributed by atoms with E-state index in [-0.39, 0.29) is 11.9 Å². The fraction of sp³-hybridized carbons (Fsp3) is 0.429. The van der Waals surface area contributed by atoms with E-state index in [1.54, 1.807) is 4.90 Å². The third-order valence-electron chi connectivity index (χ3n) is 3.75. The number of carbonyl (C=O) groups excluding carboxylic acids is 1. The molecule has 0 aliphatic carbocycles. The topological polar surface area (TPSA) is 23.6 Å². The highest BCUT2D eigenvalue weighted by molar-refractivity contribution is 7.80. The molecule has 1 atom stereocenters. The molecule has 0 unspecified atom stereocenters. The molecule has 3 nitrogen and oxygen atoms in total. The van der Waals surface area contributed by atoms with E-state index in [1.165, 1.54) is 5.56 Å². The summed E-state index contributed by atoms with van der Waals surface area (Å²) < 4.78 is 0. The van der Waals surface area contributed by atoms with E-state index in [2.05, 4.69) is 17.0 Å². The smallest absolute Gasteiger partial charge is 0.251 e. The molecule has 2 fully saturated rings. The summed E-state index contributed by atoms with van der Waals surface area (Å²) in [5.74, 6) is 0.202. The number of thiocarbonyl (C=S) groups is 1. The van der Waals surface area contributed by atoms with Gasteiger partial charge in [-0.2, -0.15) is 0 Å². The van der Waals surface area contributed by atoms with Gasteiger partial charge in [-0.3, -0.25) is 9.69 Å². The maximum atomic E-state index is 12.2. The molecule has 0 N–H and O–H groups in total. The van der Waals surface area contributed by atoms with Crippen LogP contribution >= 0.6 is 12.2 Å². The van der Waals surface area contributed by atoms with Gasteiger partial charge in [0.2, 0.25) is 0 Å².